The molecule has 60 valence electrons. The summed E-state index contributed by atoms with van der Waals surface area (Å²) in [7, 11) is 0. The predicted octanol–water partition coefficient (Wildman–Crippen LogP) is 2.53. The van der Waals surface area contributed by atoms with Crippen LogP contribution in [-0.2, 0) is 0 Å². The van der Waals surface area contributed by atoms with Crippen LogP contribution < -0.4 is 0 Å². The average molecular weight is 224 g/mol. The van der Waals surface area contributed by atoms with Crippen LogP contribution in [0.1, 0.15) is 22.5 Å². The van der Waals surface area contributed by atoms with Gasteiger partial charge in [-0.05, 0) is 22.0 Å². The molecule has 1 aromatic heterocycles. The van der Waals surface area contributed by atoms with Gasteiger partial charge in [0.25, 0.3) is 6.43 Å². The van der Waals surface area contributed by atoms with Crippen LogP contribution in [0.5, 0.6) is 0 Å². The monoisotopic (exact) mass is 223 g/mol. The fourth-order valence-corrected chi connectivity index (χ4v) is 1.20. The van der Waals surface area contributed by atoms with Crippen molar-refractivity contribution >= 4 is 22.2 Å². The molecule has 0 aliphatic carbocycles. The van der Waals surface area contributed by atoms with Crippen LogP contribution in [0, 0.1) is 0 Å². The Morgan fingerprint density at radius 2 is 2.27 bits per heavy atom. The summed E-state index contributed by atoms with van der Waals surface area (Å²) in [6.07, 6.45) is -2.08. The number of carbonyl (C=O) groups is 1. The van der Waals surface area contributed by atoms with E-state index in [1.165, 1.54) is 0 Å². The number of aromatic nitrogens is 1. The summed E-state index contributed by atoms with van der Waals surface area (Å²) in [6, 6.07) is 1.11. The van der Waals surface area contributed by atoms with Gasteiger partial charge in [-0.1, -0.05) is 0 Å². The van der Waals surface area contributed by atoms with Crippen LogP contribution >= 0.6 is 15.9 Å². The first-order chi connectivity index (χ1) is 5.15. The molecule has 0 aromatic carbocycles. The van der Waals surface area contributed by atoms with Crippen molar-refractivity contribution in [2.24, 2.45) is 0 Å². The fraction of sp³-hybridized carbons (Fsp3) is 0.167. The minimum absolute atomic E-state index is 0.146. The van der Waals surface area contributed by atoms with Gasteiger partial charge >= 0.3 is 0 Å². The number of nitrogens with one attached hydrogen (secondary N) is 1. The van der Waals surface area contributed by atoms with E-state index in [1.54, 1.807) is 0 Å². The van der Waals surface area contributed by atoms with E-state index in [4.69, 9.17) is 0 Å². The molecule has 0 spiro atoms. The Kier molecular flexibility index (Phi) is 2.38. The molecule has 0 amide bonds. The lowest BCUT2D eigenvalue weighted by atomic mass is 10.3. The molecule has 1 aromatic rings. The molecule has 1 rings (SSSR count). The summed E-state index contributed by atoms with van der Waals surface area (Å²) < 4.78 is 24.2. The Morgan fingerprint density at radius 3 is 2.55 bits per heavy atom. The van der Waals surface area contributed by atoms with Crippen LogP contribution in [-0.4, -0.2) is 11.3 Å². The number of H-pyrrole nitrogens is 1. The standard InChI is InChI=1S/C6H4BrF2NO/c7-5-4(6(8)9)1-3(2-11)10-5/h1-2,6,10H. The minimum atomic E-state index is -2.56. The highest BCUT2D eigenvalue weighted by molar-refractivity contribution is 9.10. The van der Waals surface area contributed by atoms with E-state index in [0.717, 1.165) is 6.07 Å². The van der Waals surface area contributed by atoms with Gasteiger partial charge in [-0.2, -0.15) is 0 Å². The van der Waals surface area contributed by atoms with E-state index in [1.807, 2.05) is 0 Å². The van der Waals surface area contributed by atoms with Crippen LogP contribution in [0.3, 0.4) is 0 Å². The topological polar surface area (TPSA) is 32.9 Å². The van der Waals surface area contributed by atoms with Gasteiger partial charge in [0.2, 0.25) is 0 Å². The maximum absolute atomic E-state index is 12.0. The van der Waals surface area contributed by atoms with E-state index in [9.17, 15) is 13.6 Å². The Bertz CT molecular complexity index is 272. The molecule has 0 radical (unpaired) electrons. The van der Waals surface area contributed by atoms with Gasteiger partial charge in [-0.15, -0.1) is 0 Å². The number of aromatic amines is 1. The smallest absolute Gasteiger partial charge is 0.266 e. The highest BCUT2D eigenvalue weighted by Gasteiger charge is 2.14. The van der Waals surface area contributed by atoms with E-state index in [2.05, 4.69) is 20.9 Å². The highest BCUT2D eigenvalue weighted by atomic mass is 79.9. The molecule has 2 nitrogen and oxygen atoms in total. The van der Waals surface area contributed by atoms with Crippen molar-refractivity contribution in [1.82, 2.24) is 4.98 Å². The molecule has 0 atom stereocenters. The molecule has 0 bridgehead atoms. The second-order valence-corrected chi connectivity index (χ2v) is 2.71. The molecule has 0 aliphatic rings. The first kappa shape index (κ1) is 8.39. The summed E-state index contributed by atoms with van der Waals surface area (Å²) in [5, 5.41) is 0. The number of aldehydes is 1. The van der Waals surface area contributed by atoms with Crippen molar-refractivity contribution < 1.29 is 13.6 Å². The van der Waals surface area contributed by atoms with E-state index < -0.39 is 6.43 Å². The van der Waals surface area contributed by atoms with E-state index >= 15 is 0 Å². The first-order valence-corrected chi connectivity index (χ1v) is 3.56. The zero-order valence-corrected chi connectivity index (χ0v) is 6.86. The van der Waals surface area contributed by atoms with Gasteiger partial charge in [-0.25, -0.2) is 8.78 Å². The van der Waals surface area contributed by atoms with Gasteiger partial charge in [-0.3, -0.25) is 4.79 Å². The molecule has 0 aliphatic heterocycles. The molecule has 1 N–H and O–H groups in total. The minimum Gasteiger partial charge on any atom is -0.347 e. The largest absolute Gasteiger partial charge is 0.347 e. The molecular weight excluding hydrogens is 220 g/mol. The van der Waals surface area contributed by atoms with Crippen LogP contribution in [0.2, 0.25) is 0 Å². The van der Waals surface area contributed by atoms with Gasteiger partial charge < -0.3 is 4.98 Å². The lowest BCUT2D eigenvalue weighted by Gasteiger charge is -1.92. The number of halogens is 3. The van der Waals surface area contributed by atoms with Crippen molar-refractivity contribution in [3.8, 4) is 0 Å². The summed E-state index contributed by atoms with van der Waals surface area (Å²) in [4.78, 5) is 12.5. The number of carbonyl (C=O) groups excluding carboxylic acids is 1. The molecule has 1 heterocycles. The zero-order valence-electron chi connectivity index (χ0n) is 5.27. The van der Waals surface area contributed by atoms with Crippen LogP contribution in [0.25, 0.3) is 0 Å². The van der Waals surface area contributed by atoms with E-state index in [0.29, 0.717) is 6.29 Å². The molecule has 0 unspecified atom stereocenters. The summed E-state index contributed by atoms with van der Waals surface area (Å²) in [5.41, 5.74) is -0.0423. The third kappa shape index (κ3) is 1.65. The molecule has 5 heteroatoms. The van der Waals surface area contributed by atoms with Crippen molar-refractivity contribution in [2.45, 2.75) is 6.43 Å². The van der Waals surface area contributed by atoms with Gasteiger partial charge in [0.05, 0.1) is 15.9 Å². The van der Waals surface area contributed by atoms with E-state index in [-0.39, 0.29) is 15.9 Å². The lowest BCUT2D eigenvalue weighted by molar-refractivity contribution is 0.111. The maximum atomic E-state index is 12.0. The molecular formula is C6H4BrF2NO. The molecule has 0 saturated carbocycles. The third-order valence-corrected chi connectivity index (χ3v) is 1.84. The second-order valence-electron chi connectivity index (χ2n) is 1.91. The zero-order chi connectivity index (χ0) is 8.43. The second kappa shape index (κ2) is 3.13. The van der Waals surface area contributed by atoms with Crippen molar-refractivity contribution in [2.75, 3.05) is 0 Å². The molecule has 0 fully saturated rings. The quantitative estimate of drug-likeness (QED) is 0.769. The summed E-state index contributed by atoms with van der Waals surface area (Å²) in [6.45, 7) is 0. The molecule has 11 heavy (non-hydrogen) atoms. The van der Waals surface area contributed by atoms with Gasteiger partial charge in [0, 0.05) is 0 Å². The summed E-state index contributed by atoms with van der Waals surface area (Å²) in [5.74, 6) is 0. The van der Waals surface area contributed by atoms with Crippen LogP contribution in [0.4, 0.5) is 8.78 Å². The predicted molar refractivity (Wildman–Crippen MR) is 38.8 cm³/mol. The van der Waals surface area contributed by atoms with Gasteiger partial charge in [0.15, 0.2) is 6.29 Å². The van der Waals surface area contributed by atoms with Crippen molar-refractivity contribution in [3.05, 3.63) is 21.9 Å². The molecule has 0 saturated heterocycles. The SMILES string of the molecule is O=Cc1cc(C(F)F)c(Br)[nH]1. The lowest BCUT2D eigenvalue weighted by Crippen LogP contribution is -1.79. The fourth-order valence-electron chi connectivity index (χ4n) is 0.688. The first-order valence-electron chi connectivity index (χ1n) is 2.77. The maximum Gasteiger partial charge on any atom is 0.266 e. The number of alkyl halides is 2. The number of hydrogen-bond donors (Lipinski definition) is 1. The normalized spacial score (nSPS) is 10.5. The van der Waals surface area contributed by atoms with Crippen molar-refractivity contribution in [3.63, 3.8) is 0 Å². The summed E-state index contributed by atoms with van der Waals surface area (Å²) >= 11 is 2.86. The van der Waals surface area contributed by atoms with Crippen LogP contribution in [0.15, 0.2) is 10.7 Å². The number of rotatable bonds is 2. The Labute approximate surface area is 69.7 Å². The highest BCUT2D eigenvalue weighted by Crippen LogP contribution is 2.26. The Balaban J connectivity index is 3.06. The van der Waals surface area contributed by atoms with Crippen molar-refractivity contribution in [1.29, 1.82) is 0 Å². The third-order valence-electron chi connectivity index (χ3n) is 1.18. The Morgan fingerprint density at radius 1 is 1.64 bits per heavy atom. The average Bonchev–Trinajstić information content (AvgIpc) is 2.30. The number of hydrogen-bond acceptors (Lipinski definition) is 1. The van der Waals surface area contributed by atoms with Gasteiger partial charge in [0.1, 0.15) is 0 Å². The Hall–Kier alpha value is -0.710.